The molecule has 96 valence electrons. The molecule has 0 aromatic carbocycles. The van der Waals surface area contributed by atoms with Gasteiger partial charge in [-0.3, -0.25) is 4.79 Å². The zero-order chi connectivity index (χ0) is 12.4. The number of urea groups is 1. The normalized spacial score (nSPS) is 23.9. The van der Waals surface area contributed by atoms with E-state index in [1.54, 1.807) is 16.8 Å². The van der Waals surface area contributed by atoms with Gasteiger partial charge < -0.3 is 20.0 Å². The second kappa shape index (κ2) is 4.91. The van der Waals surface area contributed by atoms with E-state index in [0.29, 0.717) is 13.1 Å². The highest BCUT2D eigenvalue weighted by molar-refractivity contribution is 5.85. The Kier molecular flexibility index (Phi) is 3.51. The summed E-state index contributed by atoms with van der Waals surface area (Å²) < 4.78 is 0. The Morgan fingerprint density at radius 2 is 2.35 bits per heavy atom. The van der Waals surface area contributed by atoms with E-state index >= 15 is 0 Å². The standard InChI is InChI=1S/C11H20N4O2/c1-3-13(2)10(16)8-14-7-9-6-12-4-5-15(9)11(14)17/h9,12H,3-8H2,1-2H3. The van der Waals surface area contributed by atoms with Crippen LogP contribution in [-0.4, -0.2) is 79.0 Å². The Bertz CT molecular complexity index is 321. The summed E-state index contributed by atoms with van der Waals surface area (Å²) >= 11 is 0. The molecule has 2 aliphatic rings. The summed E-state index contributed by atoms with van der Waals surface area (Å²) in [6.07, 6.45) is 0. The maximum atomic E-state index is 12.0. The molecular weight excluding hydrogens is 220 g/mol. The van der Waals surface area contributed by atoms with Gasteiger partial charge in [0.2, 0.25) is 5.91 Å². The number of hydrogen-bond donors (Lipinski definition) is 1. The highest BCUT2D eigenvalue weighted by atomic mass is 16.2. The molecule has 1 atom stereocenters. The maximum Gasteiger partial charge on any atom is 0.320 e. The second-order valence-electron chi connectivity index (χ2n) is 4.62. The lowest BCUT2D eigenvalue weighted by Crippen LogP contribution is -2.50. The first-order valence-electron chi connectivity index (χ1n) is 6.13. The Morgan fingerprint density at radius 1 is 1.59 bits per heavy atom. The molecule has 1 unspecified atom stereocenters. The van der Waals surface area contributed by atoms with Gasteiger partial charge in [-0.25, -0.2) is 4.79 Å². The van der Waals surface area contributed by atoms with Crippen LogP contribution in [-0.2, 0) is 4.79 Å². The first-order valence-corrected chi connectivity index (χ1v) is 6.13. The van der Waals surface area contributed by atoms with E-state index in [9.17, 15) is 9.59 Å². The first kappa shape index (κ1) is 12.2. The molecule has 0 aromatic heterocycles. The number of hydrogen-bond acceptors (Lipinski definition) is 3. The van der Waals surface area contributed by atoms with E-state index in [2.05, 4.69) is 5.32 Å². The van der Waals surface area contributed by atoms with Crippen LogP contribution < -0.4 is 5.32 Å². The minimum absolute atomic E-state index is 0.00801. The van der Waals surface area contributed by atoms with Gasteiger partial charge in [-0.1, -0.05) is 0 Å². The molecule has 3 amide bonds. The average Bonchev–Trinajstić information content (AvgIpc) is 2.66. The number of piperazine rings is 1. The summed E-state index contributed by atoms with van der Waals surface area (Å²) in [4.78, 5) is 29.0. The number of nitrogens with zero attached hydrogens (tertiary/aromatic N) is 3. The van der Waals surface area contributed by atoms with Crippen LogP contribution in [0.5, 0.6) is 0 Å². The first-order chi connectivity index (χ1) is 8.13. The molecule has 0 bridgehead atoms. The van der Waals surface area contributed by atoms with Gasteiger partial charge in [0.25, 0.3) is 0 Å². The van der Waals surface area contributed by atoms with Gasteiger partial charge in [0.15, 0.2) is 0 Å². The highest BCUT2D eigenvalue weighted by Gasteiger charge is 2.39. The van der Waals surface area contributed by atoms with E-state index < -0.39 is 0 Å². The highest BCUT2D eigenvalue weighted by Crippen LogP contribution is 2.17. The molecular formula is C11H20N4O2. The summed E-state index contributed by atoms with van der Waals surface area (Å²) in [6, 6.07) is 0.241. The average molecular weight is 240 g/mol. The van der Waals surface area contributed by atoms with Crippen molar-refractivity contribution < 1.29 is 9.59 Å². The molecule has 1 N–H and O–H groups in total. The fraction of sp³-hybridized carbons (Fsp3) is 0.818. The van der Waals surface area contributed by atoms with Crippen LogP contribution in [0.1, 0.15) is 6.92 Å². The summed E-state index contributed by atoms with van der Waals surface area (Å²) in [6.45, 7) is 5.90. The van der Waals surface area contributed by atoms with Crippen LogP contribution in [0.2, 0.25) is 0 Å². The van der Waals surface area contributed by atoms with Crippen molar-refractivity contribution >= 4 is 11.9 Å². The van der Waals surface area contributed by atoms with Crippen LogP contribution in [0.4, 0.5) is 4.79 Å². The zero-order valence-electron chi connectivity index (χ0n) is 10.5. The van der Waals surface area contributed by atoms with Gasteiger partial charge in [-0.15, -0.1) is 0 Å². The van der Waals surface area contributed by atoms with Crippen molar-refractivity contribution in [3.8, 4) is 0 Å². The lowest BCUT2D eigenvalue weighted by atomic mass is 10.2. The predicted octanol–water partition coefficient (Wildman–Crippen LogP) is -0.826. The lowest BCUT2D eigenvalue weighted by Gasteiger charge is -2.28. The molecule has 0 spiro atoms. The van der Waals surface area contributed by atoms with Crippen molar-refractivity contribution in [2.45, 2.75) is 13.0 Å². The van der Waals surface area contributed by atoms with Gasteiger partial charge in [-0.05, 0) is 6.92 Å². The zero-order valence-corrected chi connectivity index (χ0v) is 10.5. The number of likely N-dealkylation sites (N-methyl/N-ethyl adjacent to an activating group) is 1. The van der Waals surface area contributed by atoms with Gasteiger partial charge in [0.1, 0.15) is 6.54 Å². The van der Waals surface area contributed by atoms with E-state index in [1.165, 1.54) is 0 Å². The third kappa shape index (κ3) is 2.36. The van der Waals surface area contributed by atoms with Crippen LogP contribution in [0.25, 0.3) is 0 Å². The number of carbonyl (C=O) groups is 2. The molecule has 2 heterocycles. The molecule has 6 nitrogen and oxygen atoms in total. The number of amides is 3. The van der Waals surface area contributed by atoms with Crippen molar-refractivity contribution in [3.05, 3.63) is 0 Å². The molecule has 2 rings (SSSR count). The smallest absolute Gasteiger partial charge is 0.320 e. The predicted molar refractivity (Wildman–Crippen MR) is 63.6 cm³/mol. The van der Waals surface area contributed by atoms with Crippen LogP contribution >= 0.6 is 0 Å². The molecule has 0 radical (unpaired) electrons. The monoisotopic (exact) mass is 240 g/mol. The molecule has 2 saturated heterocycles. The number of carbonyl (C=O) groups excluding carboxylic acids is 2. The molecule has 6 heteroatoms. The van der Waals surface area contributed by atoms with E-state index in [-0.39, 0.29) is 24.5 Å². The van der Waals surface area contributed by atoms with Crippen molar-refractivity contribution in [2.24, 2.45) is 0 Å². The topological polar surface area (TPSA) is 55.9 Å². The molecule has 0 aliphatic carbocycles. The van der Waals surface area contributed by atoms with E-state index in [1.807, 2.05) is 11.8 Å². The van der Waals surface area contributed by atoms with Crippen molar-refractivity contribution in [2.75, 3.05) is 46.3 Å². The third-order valence-electron chi connectivity index (χ3n) is 3.52. The van der Waals surface area contributed by atoms with Crippen LogP contribution in [0, 0.1) is 0 Å². The fourth-order valence-corrected chi connectivity index (χ4v) is 2.28. The molecule has 2 aliphatic heterocycles. The summed E-state index contributed by atoms with van der Waals surface area (Å²) in [5, 5.41) is 3.27. The number of nitrogens with one attached hydrogen (secondary N) is 1. The van der Waals surface area contributed by atoms with Gasteiger partial charge in [0, 0.05) is 39.8 Å². The lowest BCUT2D eigenvalue weighted by molar-refractivity contribution is -0.130. The minimum Gasteiger partial charge on any atom is -0.345 e. The summed E-state index contributed by atoms with van der Waals surface area (Å²) in [7, 11) is 1.76. The quantitative estimate of drug-likeness (QED) is 0.701. The Balaban J connectivity index is 1.94. The van der Waals surface area contributed by atoms with E-state index in [4.69, 9.17) is 0 Å². The largest absolute Gasteiger partial charge is 0.345 e. The maximum absolute atomic E-state index is 12.0. The van der Waals surface area contributed by atoms with Crippen LogP contribution in [0.15, 0.2) is 0 Å². The van der Waals surface area contributed by atoms with Crippen molar-refractivity contribution in [1.82, 2.24) is 20.0 Å². The van der Waals surface area contributed by atoms with Gasteiger partial charge >= 0.3 is 6.03 Å². The fourth-order valence-electron chi connectivity index (χ4n) is 2.28. The minimum atomic E-state index is 0.00801. The van der Waals surface area contributed by atoms with Crippen LogP contribution in [0.3, 0.4) is 0 Å². The summed E-state index contributed by atoms with van der Waals surface area (Å²) in [5.41, 5.74) is 0. The van der Waals surface area contributed by atoms with Crippen molar-refractivity contribution in [1.29, 1.82) is 0 Å². The number of rotatable bonds is 3. The van der Waals surface area contributed by atoms with Crippen molar-refractivity contribution in [3.63, 3.8) is 0 Å². The molecule has 0 aromatic rings. The van der Waals surface area contributed by atoms with E-state index in [0.717, 1.165) is 19.6 Å². The molecule has 2 fully saturated rings. The summed E-state index contributed by atoms with van der Waals surface area (Å²) in [5.74, 6) is 0.00801. The number of fused-ring (bicyclic) bond motifs is 1. The Morgan fingerprint density at radius 3 is 3.00 bits per heavy atom. The third-order valence-corrected chi connectivity index (χ3v) is 3.52. The second-order valence-corrected chi connectivity index (χ2v) is 4.62. The Labute approximate surface area is 102 Å². The molecule has 0 saturated carbocycles. The molecule has 17 heavy (non-hydrogen) atoms. The van der Waals surface area contributed by atoms with Gasteiger partial charge in [0.05, 0.1) is 6.04 Å². The SMILES string of the molecule is CCN(C)C(=O)CN1CC2CNCCN2C1=O. The van der Waals surface area contributed by atoms with Gasteiger partial charge in [-0.2, -0.15) is 0 Å². The Hall–Kier alpha value is -1.30.